The Kier molecular flexibility index (Phi) is 4.46. The molecule has 0 fully saturated rings. The second kappa shape index (κ2) is 5.92. The molecule has 1 heterocycles. The van der Waals surface area contributed by atoms with Crippen molar-refractivity contribution < 1.29 is 4.39 Å². The fourth-order valence-electron chi connectivity index (χ4n) is 1.62. The van der Waals surface area contributed by atoms with Gasteiger partial charge < -0.3 is 0 Å². The zero-order valence-electron chi connectivity index (χ0n) is 10.5. The zero-order valence-corrected chi connectivity index (χ0v) is 12.9. The van der Waals surface area contributed by atoms with Gasteiger partial charge in [-0.05, 0) is 47.5 Å². The van der Waals surface area contributed by atoms with Crippen LogP contribution < -0.4 is 5.69 Å². The Balaban J connectivity index is 2.14. The van der Waals surface area contributed by atoms with Crippen molar-refractivity contribution >= 4 is 27.7 Å². The van der Waals surface area contributed by atoms with Crippen molar-refractivity contribution in [1.29, 1.82) is 0 Å². The summed E-state index contributed by atoms with van der Waals surface area (Å²) in [5, 5.41) is 7.08. The van der Waals surface area contributed by atoms with Gasteiger partial charge >= 0.3 is 5.69 Å². The van der Waals surface area contributed by atoms with Crippen molar-refractivity contribution in [3.05, 3.63) is 44.5 Å². The maximum atomic E-state index is 13.1. The van der Waals surface area contributed by atoms with Crippen LogP contribution in [0.2, 0.25) is 0 Å². The first kappa shape index (κ1) is 14.3. The van der Waals surface area contributed by atoms with Crippen LogP contribution in [0.15, 0.2) is 32.6 Å². The minimum Gasteiger partial charge on any atom is -0.268 e. The van der Waals surface area contributed by atoms with Gasteiger partial charge in [0.15, 0.2) is 5.16 Å². The van der Waals surface area contributed by atoms with Crippen LogP contribution in [0.4, 0.5) is 4.39 Å². The lowest BCUT2D eigenvalue weighted by molar-refractivity contribution is 0.534. The van der Waals surface area contributed by atoms with Crippen LogP contribution in [0.1, 0.15) is 25.5 Å². The van der Waals surface area contributed by atoms with Gasteiger partial charge in [-0.2, -0.15) is 0 Å². The molecule has 7 heteroatoms. The molecule has 0 radical (unpaired) electrons. The van der Waals surface area contributed by atoms with E-state index in [0.29, 0.717) is 15.4 Å². The van der Waals surface area contributed by atoms with E-state index in [1.165, 1.54) is 17.8 Å². The summed E-state index contributed by atoms with van der Waals surface area (Å²) in [6, 6.07) is 4.92. The summed E-state index contributed by atoms with van der Waals surface area (Å²) in [7, 11) is 0. The minimum atomic E-state index is -0.285. The first-order chi connectivity index (χ1) is 8.99. The Morgan fingerprint density at radius 3 is 2.89 bits per heavy atom. The van der Waals surface area contributed by atoms with Crippen molar-refractivity contribution in [3.8, 4) is 0 Å². The average Bonchev–Trinajstić information content (AvgIpc) is 2.72. The highest BCUT2D eigenvalue weighted by Gasteiger charge is 2.12. The van der Waals surface area contributed by atoms with Crippen molar-refractivity contribution in [2.45, 2.75) is 30.8 Å². The van der Waals surface area contributed by atoms with Gasteiger partial charge in [0.1, 0.15) is 5.82 Å². The Morgan fingerprint density at radius 1 is 1.53 bits per heavy atom. The van der Waals surface area contributed by atoms with Gasteiger partial charge in [0.05, 0.1) is 4.47 Å². The van der Waals surface area contributed by atoms with Crippen molar-refractivity contribution in [2.24, 2.45) is 0 Å². The lowest BCUT2D eigenvalue weighted by Gasteiger charge is -2.08. The molecule has 2 aromatic rings. The lowest BCUT2D eigenvalue weighted by Crippen LogP contribution is -2.19. The van der Waals surface area contributed by atoms with Gasteiger partial charge in [0, 0.05) is 11.8 Å². The fourth-order valence-corrected chi connectivity index (χ4v) is 3.07. The maximum absolute atomic E-state index is 13.1. The molecular formula is C12H13BrFN3OS. The number of thioether (sulfide) groups is 1. The molecule has 2 rings (SSSR count). The SMILES string of the molecule is CC(C)n1c(SCc2ccc(F)c(Br)c2)n[nH]c1=O. The molecular weight excluding hydrogens is 333 g/mol. The Hall–Kier alpha value is -1.08. The molecule has 0 aliphatic carbocycles. The molecule has 0 atom stereocenters. The molecule has 0 spiro atoms. The molecule has 0 amide bonds. The predicted octanol–water partition coefficient (Wildman–Crippen LogP) is 3.35. The molecule has 19 heavy (non-hydrogen) atoms. The molecule has 102 valence electrons. The monoisotopic (exact) mass is 345 g/mol. The molecule has 1 aromatic heterocycles. The standard InChI is InChI=1S/C12H13BrFN3OS/c1-7(2)17-11(18)15-16-12(17)19-6-8-3-4-10(14)9(13)5-8/h3-5,7H,6H2,1-2H3,(H,15,18). The van der Waals surface area contributed by atoms with E-state index in [4.69, 9.17) is 0 Å². The molecule has 0 saturated heterocycles. The predicted molar refractivity (Wildman–Crippen MR) is 76.9 cm³/mol. The summed E-state index contributed by atoms with van der Waals surface area (Å²) in [5.74, 6) is 0.336. The van der Waals surface area contributed by atoms with E-state index in [9.17, 15) is 9.18 Å². The second-order valence-electron chi connectivity index (χ2n) is 4.31. The number of halogens is 2. The number of nitrogens with zero attached hydrogens (tertiary/aromatic N) is 2. The maximum Gasteiger partial charge on any atom is 0.344 e. The lowest BCUT2D eigenvalue weighted by atomic mass is 10.2. The smallest absolute Gasteiger partial charge is 0.268 e. The third kappa shape index (κ3) is 3.27. The van der Waals surface area contributed by atoms with Gasteiger partial charge in [-0.3, -0.25) is 4.57 Å². The van der Waals surface area contributed by atoms with E-state index in [2.05, 4.69) is 26.1 Å². The summed E-state index contributed by atoms with van der Waals surface area (Å²) in [6.07, 6.45) is 0. The van der Waals surface area contributed by atoms with Crippen LogP contribution in [-0.4, -0.2) is 14.8 Å². The van der Waals surface area contributed by atoms with E-state index in [-0.39, 0.29) is 17.5 Å². The molecule has 4 nitrogen and oxygen atoms in total. The molecule has 0 aliphatic rings. The normalized spacial score (nSPS) is 11.2. The highest BCUT2D eigenvalue weighted by atomic mass is 79.9. The second-order valence-corrected chi connectivity index (χ2v) is 6.11. The van der Waals surface area contributed by atoms with Crippen LogP contribution in [0.25, 0.3) is 0 Å². The van der Waals surface area contributed by atoms with E-state index in [0.717, 1.165) is 5.56 Å². The number of hydrogen-bond donors (Lipinski definition) is 1. The molecule has 0 aliphatic heterocycles. The summed E-state index contributed by atoms with van der Waals surface area (Å²) in [6.45, 7) is 3.85. The Bertz CT molecular complexity index is 638. The minimum absolute atomic E-state index is 0.0497. The Labute approximate surface area is 122 Å². The number of aromatic amines is 1. The van der Waals surface area contributed by atoms with Crippen molar-refractivity contribution in [3.63, 3.8) is 0 Å². The number of benzene rings is 1. The fraction of sp³-hybridized carbons (Fsp3) is 0.333. The summed E-state index contributed by atoms with van der Waals surface area (Å²) < 4.78 is 15.2. The van der Waals surface area contributed by atoms with Crippen LogP contribution >= 0.6 is 27.7 Å². The first-order valence-corrected chi connectivity index (χ1v) is 7.50. The highest BCUT2D eigenvalue weighted by molar-refractivity contribution is 9.10. The van der Waals surface area contributed by atoms with Gasteiger partial charge in [-0.1, -0.05) is 17.8 Å². The quantitative estimate of drug-likeness (QED) is 0.864. The number of rotatable bonds is 4. The van der Waals surface area contributed by atoms with Crippen molar-refractivity contribution in [1.82, 2.24) is 14.8 Å². The number of aromatic nitrogens is 3. The van der Waals surface area contributed by atoms with Gasteiger partial charge in [-0.25, -0.2) is 14.3 Å². The summed E-state index contributed by atoms with van der Waals surface area (Å²) >= 11 is 4.59. The average molecular weight is 346 g/mol. The topological polar surface area (TPSA) is 50.7 Å². The number of H-pyrrole nitrogens is 1. The molecule has 0 saturated carbocycles. The summed E-state index contributed by atoms with van der Waals surface area (Å²) in [5.41, 5.74) is 0.752. The molecule has 1 N–H and O–H groups in total. The number of hydrogen-bond acceptors (Lipinski definition) is 3. The summed E-state index contributed by atoms with van der Waals surface area (Å²) in [4.78, 5) is 11.6. The molecule has 0 unspecified atom stereocenters. The van der Waals surface area contributed by atoms with Gasteiger partial charge in [0.2, 0.25) is 0 Å². The van der Waals surface area contributed by atoms with Gasteiger partial charge in [0.25, 0.3) is 0 Å². The van der Waals surface area contributed by atoms with Crippen LogP contribution in [0.3, 0.4) is 0 Å². The van der Waals surface area contributed by atoms with Crippen LogP contribution in [-0.2, 0) is 5.75 Å². The Morgan fingerprint density at radius 2 is 2.26 bits per heavy atom. The molecule has 0 bridgehead atoms. The third-order valence-electron chi connectivity index (χ3n) is 2.54. The van der Waals surface area contributed by atoms with E-state index in [1.54, 1.807) is 16.7 Å². The van der Waals surface area contributed by atoms with Crippen molar-refractivity contribution in [2.75, 3.05) is 0 Å². The van der Waals surface area contributed by atoms with E-state index < -0.39 is 0 Å². The number of nitrogens with one attached hydrogen (secondary N) is 1. The van der Waals surface area contributed by atoms with Crippen LogP contribution in [0.5, 0.6) is 0 Å². The largest absolute Gasteiger partial charge is 0.344 e. The van der Waals surface area contributed by atoms with E-state index >= 15 is 0 Å². The van der Waals surface area contributed by atoms with Crippen LogP contribution in [0, 0.1) is 5.82 Å². The molecule has 1 aromatic carbocycles. The first-order valence-electron chi connectivity index (χ1n) is 5.72. The van der Waals surface area contributed by atoms with E-state index in [1.807, 2.05) is 13.8 Å². The highest BCUT2D eigenvalue weighted by Crippen LogP contribution is 2.24. The zero-order chi connectivity index (χ0) is 14.0. The third-order valence-corrected chi connectivity index (χ3v) is 4.17. The van der Waals surface area contributed by atoms with Gasteiger partial charge in [-0.15, -0.1) is 5.10 Å².